The van der Waals surface area contributed by atoms with Gasteiger partial charge in [-0.3, -0.25) is 9.69 Å². The highest BCUT2D eigenvalue weighted by Gasteiger charge is 2.33. The standard InChI is InChI=1S/C31H28F3N5O2/c32-31(33,34)41-28-7-3-4-24(14-28)19-38-20-26-6-2-1-5-25(26)15-29(38)30(40)37-13-12-27-17-36-21-39(27)18-23-10-8-22(16-35)9-11-23/h1-11,14,17,21,29H,12-13,15,18-20H2,(H,37,40)/t29-/m1/s1. The van der Waals surface area contributed by atoms with Crippen molar-refractivity contribution in [2.24, 2.45) is 0 Å². The Morgan fingerprint density at radius 2 is 1.80 bits per heavy atom. The first-order valence-corrected chi connectivity index (χ1v) is 13.2. The molecular formula is C31H28F3N5O2. The van der Waals surface area contributed by atoms with E-state index in [0.717, 1.165) is 22.4 Å². The van der Waals surface area contributed by atoms with Gasteiger partial charge in [0.05, 0.1) is 24.0 Å². The molecule has 210 valence electrons. The summed E-state index contributed by atoms with van der Waals surface area (Å²) in [6.45, 7) is 1.78. The maximum absolute atomic E-state index is 13.5. The Hall–Kier alpha value is -4.62. The maximum atomic E-state index is 13.5. The summed E-state index contributed by atoms with van der Waals surface area (Å²) >= 11 is 0. The van der Waals surface area contributed by atoms with Crippen molar-refractivity contribution in [3.05, 3.63) is 119 Å². The molecule has 0 spiro atoms. The van der Waals surface area contributed by atoms with E-state index >= 15 is 0 Å². The summed E-state index contributed by atoms with van der Waals surface area (Å²) in [5.41, 5.74) is 5.39. The van der Waals surface area contributed by atoms with Gasteiger partial charge in [-0.1, -0.05) is 48.5 Å². The van der Waals surface area contributed by atoms with E-state index in [1.807, 2.05) is 45.9 Å². The van der Waals surface area contributed by atoms with Crippen LogP contribution < -0.4 is 10.1 Å². The van der Waals surface area contributed by atoms with Crippen LogP contribution in [-0.2, 0) is 37.3 Å². The van der Waals surface area contributed by atoms with Crippen molar-refractivity contribution in [1.82, 2.24) is 19.8 Å². The monoisotopic (exact) mass is 559 g/mol. The number of alkyl halides is 3. The van der Waals surface area contributed by atoms with Gasteiger partial charge in [0.2, 0.25) is 5.91 Å². The highest BCUT2D eigenvalue weighted by molar-refractivity contribution is 5.82. The zero-order valence-corrected chi connectivity index (χ0v) is 22.1. The molecule has 0 saturated heterocycles. The van der Waals surface area contributed by atoms with Crippen LogP contribution in [0.15, 0.2) is 85.3 Å². The van der Waals surface area contributed by atoms with E-state index in [4.69, 9.17) is 5.26 Å². The molecule has 1 atom stereocenters. The number of nitrogens with zero attached hydrogens (tertiary/aromatic N) is 4. The quantitative estimate of drug-likeness (QED) is 0.313. The van der Waals surface area contributed by atoms with Crippen LogP contribution in [0.2, 0.25) is 0 Å². The number of imidazole rings is 1. The molecule has 0 unspecified atom stereocenters. The molecule has 5 rings (SSSR count). The molecule has 0 fully saturated rings. The van der Waals surface area contributed by atoms with Gasteiger partial charge in [-0.2, -0.15) is 5.26 Å². The number of nitriles is 1. The third kappa shape index (κ3) is 7.32. The fourth-order valence-electron chi connectivity index (χ4n) is 5.09. The highest BCUT2D eigenvalue weighted by atomic mass is 19.4. The topological polar surface area (TPSA) is 83.2 Å². The number of fused-ring (bicyclic) bond motifs is 1. The van der Waals surface area contributed by atoms with Gasteiger partial charge in [0, 0.05) is 44.5 Å². The number of hydrogen-bond acceptors (Lipinski definition) is 5. The Kier molecular flexibility index (Phi) is 8.36. The lowest BCUT2D eigenvalue weighted by atomic mass is 9.93. The first-order chi connectivity index (χ1) is 19.8. The fraction of sp³-hybridized carbons (Fsp3) is 0.258. The Morgan fingerprint density at radius 1 is 1.02 bits per heavy atom. The van der Waals surface area contributed by atoms with Gasteiger partial charge in [-0.05, 0) is 52.9 Å². The van der Waals surface area contributed by atoms with Crippen LogP contribution in [0, 0.1) is 11.3 Å². The van der Waals surface area contributed by atoms with Gasteiger partial charge in [0.1, 0.15) is 5.75 Å². The van der Waals surface area contributed by atoms with E-state index < -0.39 is 12.4 Å². The van der Waals surface area contributed by atoms with Crippen molar-refractivity contribution >= 4 is 5.91 Å². The lowest BCUT2D eigenvalue weighted by molar-refractivity contribution is -0.274. The third-order valence-corrected chi connectivity index (χ3v) is 7.08. The van der Waals surface area contributed by atoms with E-state index in [9.17, 15) is 18.0 Å². The third-order valence-electron chi connectivity index (χ3n) is 7.08. The predicted molar refractivity (Wildman–Crippen MR) is 146 cm³/mol. The normalized spacial score (nSPS) is 15.1. The number of aromatic nitrogens is 2. The maximum Gasteiger partial charge on any atom is 0.573 e. The molecule has 1 aliphatic heterocycles. The van der Waals surface area contributed by atoms with Crippen molar-refractivity contribution < 1.29 is 22.7 Å². The number of amides is 1. The van der Waals surface area contributed by atoms with Crippen molar-refractivity contribution in [2.75, 3.05) is 6.54 Å². The SMILES string of the molecule is N#Cc1ccc(Cn2cncc2CCNC(=O)[C@H]2Cc3ccccc3CN2Cc2cccc(OC(F)(F)F)c2)cc1. The van der Waals surface area contributed by atoms with Crippen LogP contribution in [0.4, 0.5) is 13.2 Å². The molecule has 2 heterocycles. The number of nitrogens with one attached hydrogen (secondary N) is 1. The number of hydrogen-bond donors (Lipinski definition) is 1. The number of carbonyl (C=O) groups excluding carboxylic acids is 1. The molecule has 7 nitrogen and oxygen atoms in total. The van der Waals surface area contributed by atoms with Gasteiger partial charge in [0.15, 0.2) is 0 Å². The van der Waals surface area contributed by atoms with E-state index in [1.54, 1.807) is 30.7 Å². The number of rotatable bonds is 9. The predicted octanol–water partition coefficient (Wildman–Crippen LogP) is 4.99. The molecular weight excluding hydrogens is 531 g/mol. The molecule has 41 heavy (non-hydrogen) atoms. The minimum Gasteiger partial charge on any atom is -0.406 e. The summed E-state index contributed by atoms with van der Waals surface area (Å²) in [7, 11) is 0. The van der Waals surface area contributed by atoms with Crippen LogP contribution in [0.1, 0.15) is 33.5 Å². The van der Waals surface area contributed by atoms with E-state index in [0.29, 0.717) is 50.1 Å². The first-order valence-electron chi connectivity index (χ1n) is 13.2. The minimum absolute atomic E-state index is 0.139. The Morgan fingerprint density at radius 3 is 2.56 bits per heavy atom. The molecule has 1 amide bonds. The molecule has 0 aliphatic carbocycles. The molecule has 1 aliphatic rings. The summed E-state index contributed by atoms with van der Waals surface area (Å²) in [6, 6.07) is 22.8. The second-order valence-electron chi connectivity index (χ2n) is 9.95. The number of benzene rings is 3. The highest BCUT2D eigenvalue weighted by Crippen LogP contribution is 2.28. The van der Waals surface area contributed by atoms with Gasteiger partial charge in [0.25, 0.3) is 0 Å². The van der Waals surface area contributed by atoms with Crippen molar-refractivity contribution in [1.29, 1.82) is 5.26 Å². The molecule has 1 aromatic heterocycles. The smallest absolute Gasteiger partial charge is 0.406 e. The zero-order valence-electron chi connectivity index (χ0n) is 22.1. The molecule has 10 heteroatoms. The van der Waals surface area contributed by atoms with Crippen molar-refractivity contribution in [2.45, 2.75) is 44.9 Å². The van der Waals surface area contributed by atoms with E-state index in [1.165, 1.54) is 18.2 Å². The number of ether oxygens (including phenoxy) is 1. The van der Waals surface area contributed by atoms with Gasteiger partial charge >= 0.3 is 6.36 Å². The molecule has 4 aromatic rings. The Labute approximate surface area is 235 Å². The average molecular weight is 560 g/mol. The molecule has 1 N–H and O–H groups in total. The van der Waals surface area contributed by atoms with Crippen molar-refractivity contribution in [3.8, 4) is 11.8 Å². The van der Waals surface area contributed by atoms with E-state index in [-0.39, 0.29) is 11.7 Å². The largest absolute Gasteiger partial charge is 0.573 e. The summed E-state index contributed by atoms with van der Waals surface area (Å²) in [5, 5.41) is 12.1. The second-order valence-corrected chi connectivity index (χ2v) is 9.95. The Balaban J connectivity index is 1.24. The number of carbonyl (C=O) groups is 1. The second kappa shape index (κ2) is 12.3. The zero-order chi connectivity index (χ0) is 28.8. The van der Waals surface area contributed by atoms with Crippen LogP contribution in [0.25, 0.3) is 0 Å². The summed E-state index contributed by atoms with van der Waals surface area (Å²) in [4.78, 5) is 19.7. The Bertz CT molecular complexity index is 1540. The number of halogens is 3. The lowest BCUT2D eigenvalue weighted by Gasteiger charge is -2.36. The summed E-state index contributed by atoms with van der Waals surface area (Å²) in [6.07, 6.45) is -0.192. The van der Waals surface area contributed by atoms with Gasteiger partial charge in [-0.15, -0.1) is 13.2 Å². The fourth-order valence-corrected chi connectivity index (χ4v) is 5.09. The lowest BCUT2D eigenvalue weighted by Crippen LogP contribution is -2.50. The first kappa shape index (κ1) is 27.9. The van der Waals surface area contributed by atoms with Gasteiger partial charge in [-0.25, -0.2) is 4.98 Å². The average Bonchev–Trinajstić information content (AvgIpc) is 3.39. The van der Waals surface area contributed by atoms with Crippen LogP contribution in [0.5, 0.6) is 5.75 Å². The van der Waals surface area contributed by atoms with Crippen molar-refractivity contribution in [3.63, 3.8) is 0 Å². The molecule has 0 saturated carbocycles. The molecule has 0 bridgehead atoms. The van der Waals surface area contributed by atoms with Crippen LogP contribution in [-0.4, -0.2) is 39.3 Å². The molecule has 3 aromatic carbocycles. The van der Waals surface area contributed by atoms with E-state index in [2.05, 4.69) is 21.1 Å². The summed E-state index contributed by atoms with van der Waals surface area (Å²) < 4.78 is 44.3. The molecule has 0 radical (unpaired) electrons. The van der Waals surface area contributed by atoms with Crippen LogP contribution in [0.3, 0.4) is 0 Å². The summed E-state index contributed by atoms with van der Waals surface area (Å²) in [5.74, 6) is -0.425. The van der Waals surface area contributed by atoms with Crippen LogP contribution >= 0.6 is 0 Å². The minimum atomic E-state index is -4.78. The van der Waals surface area contributed by atoms with Gasteiger partial charge < -0.3 is 14.6 Å².